The van der Waals surface area contributed by atoms with Crippen molar-refractivity contribution in [2.24, 2.45) is 0 Å². The lowest BCUT2D eigenvalue weighted by Gasteiger charge is -2.06. The molecule has 0 saturated heterocycles. The van der Waals surface area contributed by atoms with E-state index in [-0.39, 0.29) is 11.3 Å². The molecule has 0 aromatic heterocycles. The topological polar surface area (TPSA) is 57.5 Å². The van der Waals surface area contributed by atoms with Gasteiger partial charge in [0, 0.05) is 15.4 Å². The van der Waals surface area contributed by atoms with Gasteiger partial charge in [0.2, 0.25) is 0 Å². The van der Waals surface area contributed by atoms with Crippen LogP contribution in [0.1, 0.15) is 21.5 Å². The lowest BCUT2D eigenvalue weighted by Crippen LogP contribution is -1.96. The van der Waals surface area contributed by atoms with Gasteiger partial charge >= 0.3 is 5.97 Å². The lowest BCUT2D eigenvalue weighted by molar-refractivity contribution is 0.0696. The molecule has 5 heteroatoms. The normalized spacial score (nSPS) is 12.9. The van der Waals surface area contributed by atoms with Crippen molar-refractivity contribution in [1.82, 2.24) is 0 Å². The van der Waals surface area contributed by atoms with Crippen molar-refractivity contribution in [1.29, 1.82) is 0 Å². The highest BCUT2D eigenvalue weighted by atomic mass is 32.2. The molecule has 0 aliphatic carbocycles. The van der Waals surface area contributed by atoms with Crippen LogP contribution in [0.25, 0.3) is 11.8 Å². The first kappa shape index (κ1) is 12.7. The summed E-state index contributed by atoms with van der Waals surface area (Å²) in [7, 11) is 0. The molecule has 0 saturated carbocycles. The molecular weight excluding hydrogens is 279 g/mol. The van der Waals surface area contributed by atoms with Crippen molar-refractivity contribution in [2.45, 2.75) is 9.79 Å². The SMILES string of the molecule is O=C(O)c1ccc2c(c1)Sc1ccc(F)cc1C(O)=C2. The van der Waals surface area contributed by atoms with Gasteiger partial charge in [-0.25, -0.2) is 9.18 Å². The standard InChI is InChI=1S/C15H9FO3S/c16-10-3-4-13-11(7-10)12(17)5-8-1-2-9(15(18)19)6-14(8)20-13/h1-7,17H,(H,18,19). The number of hydrogen-bond donors (Lipinski definition) is 2. The van der Waals surface area contributed by atoms with Crippen molar-refractivity contribution < 1.29 is 19.4 Å². The van der Waals surface area contributed by atoms with E-state index in [1.165, 1.54) is 36.0 Å². The number of benzene rings is 2. The fraction of sp³-hybridized carbons (Fsp3) is 0. The Bertz CT molecular complexity index is 753. The first-order valence-electron chi connectivity index (χ1n) is 5.80. The molecule has 0 amide bonds. The van der Waals surface area contributed by atoms with Crippen LogP contribution in [0.5, 0.6) is 0 Å². The van der Waals surface area contributed by atoms with Crippen molar-refractivity contribution in [3.63, 3.8) is 0 Å². The summed E-state index contributed by atoms with van der Waals surface area (Å²) >= 11 is 1.31. The van der Waals surface area contributed by atoms with E-state index in [1.54, 1.807) is 18.2 Å². The van der Waals surface area contributed by atoms with Crippen LogP contribution < -0.4 is 0 Å². The third kappa shape index (κ3) is 2.16. The molecule has 0 radical (unpaired) electrons. The summed E-state index contributed by atoms with van der Waals surface area (Å²) in [4.78, 5) is 12.4. The van der Waals surface area contributed by atoms with Gasteiger partial charge in [0.25, 0.3) is 0 Å². The third-order valence-corrected chi connectivity index (χ3v) is 4.14. The Kier molecular flexibility index (Phi) is 2.99. The van der Waals surface area contributed by atoms with Crippen LogP contribution in [-0.2, 0) is 0 Å². The van der Waals surface area contributed by atoms with Crippen LogP contribution in [0, 0.1) is 5.82 Å². The number of fused-ring (bicyclic) bond motifs is 2. The van der Waals surface area contributed by atoms with Gasteiger partial charge in [0.1, 0.15) is 11.6 Å². The summed E-state index contributed by atoms with van der Waals surface area (Å²) in [5.74, 6) is -1.47. The highest BCUT2D eigenvalue weighted by Gasteiger charge is 2.17. The van der Waals surface area contributed by atoms with E-state index in [1.807, 2.05) is 0 Å². The number of carboxylic acids is 1. The van der Waals surface area contributed by atoms with E-state index in [9.17, 15) is 14.3 Å². The minimum absolute atomic E-state index is 0.0335. The molecule has 0 unspecified atom stereocenters. The van der Waals surface area contributed by atoms with Crippen molar-refractivity contribution >= 4 is 29.6 Å². The van der Waals surface area contributed by atoms with E-state index < -0.39 is 11.8 Å². The molecule has 1 aliphatic heterocycles. The summed E-state index contributed by atoms with van der Waals surface area (Å²) in [6.07, 6.45) is 1.51. The van der Waals surface area contributed by atoms with E-state index in [0.717, 1.165) is 0 Å². The average Bonchev–Trinajstić information content (AvgIpc) is 2.54. The zero-order chi connectivity index (χ0) is 14.3. The van der Waals surface area contributed by atoms with Crippen LogP contribution in [0.4, 0.5) is 4.39 Å². The Morgan fingerprint density at radius 3 is 2.65 bits per heavy atom. The van der Waals surface area contributed by atoms with E-state index in [0.29, 0.717) is 20.9 Å². The van der Waals surface area contributed by atoms with Gasteiger partial charge in [-0.05, 0) is 42.0 Å². The molecule has 1 aliphatic rings. The van der Waals surface area contributed by atoms with Gasteiger partial charge in [-0.15, -0.1) is 0 Å². The predicted octanol–water partition coefficient (Wildman–Crippen LogP) is 4.04. The van der Waals surface area contributed by atoms with Crippen molar-refractivity contribution in [3.8, 4) is 0 Å². The van der Waals surface area contributed by atoms with Gasteiger partial charge in [-0.3, -0.25) is 0 Å². The second-order valence-electron chi connectivity index (χ2n) is 4.33. The Hall–Kier alpha value is -2.27. The number of carboxylic acid groups (broad SMARTS) is 1. The van der Waals surface area contributed by atoms with Gasteiger partial charge in [-0.2, -0.15) is 0 Å². The molecule has 0 atom stereocenters. The van der Waals surface area contributed by atoms with E-state index in [2.05, 4.69) is 0 Å². The zero-order valence-electron chi connectivity index (χ0n) is 10.1. The van der Waals surface area contributed by atoms with Crippen LogP contribution >= 0.6 is 11.8 Å². The van der Waals surface area contributed by atoms with Crippen LogP contribution in [0.3, 0.4) is 0 Å². The summed E-state index contributed by atoms with van der Waals surface area (Å²) in [6.45, 7) is 0. The molecular formula is C15H9FO3S. The highest BCUT2D eigenvalue weighted by Crippen LogP contribution is 2.40. The van der Waals surface area contributed by atoms with Crippen LogP contribution in [0.15, 0.2) is 46.2 Å². The molecule has 100 valence electrons. The first-order chi connectivity index (χ1) is 9.54. The minimum Gasteiger partial charge on any atom is -0.507 e. The predicted molar refractivity (Wildman–Crippen MR) is 74.4 cm³/mol. The second-order valence-corrected chi connectivity index (χ2v) is 5.41. The molecule has 3 rings (SSSR count). The number of rotatable bonds is 1. The number of aliphatic hydroxyl groups is 1. The Balaban J connectivity index is 2.18. The molecule has 1 heterocycles. The maximum absolute atomic E-state index is 13.3. The molecule has 20 heavy (non-hydrogen) atoms. The summed E-state index contributed by atoms with van der Waals surface area (Å²) in [5.41, 5.74) is 1.28. The molecule has 0 spiro atoms. The second kappa shape index (κ2) is 4.68. The maximum atomic E-state index is 13.3. The number of hydrogen-bond acceptors (Lipinski definition) is 3. The number of aliphatic hydroxyl groups excluding tert-OH is 1. The summed E-state index contributed by atoms with van der Waals surface area (Å²) in [5, 5.41) is 19.1. The molecule has 2 aromatic rings. The summed E-state index contributed by atoms with van der Waals surface area (Å²) in [6, 6.07) is 8.79. The average molecular weight is 288 g/mol. The first-order valence-corrected chi connectivity index (χ1v) is 6.62. The van der Waals surface area contributed by atoms with Crippen molar-refractivity contribution in [2.75, 3.05) is 0 Å². The zero-order valence-corrected chi connectivity index (χ0v) is 10.9. The highest BCUT2D eigenvalue weighted by molar-refractivity contribution is 7.99. The van der Waals surface area contributed by atoms with Gasteiger partial charge in [0.15, 0.2) is 0 Å². The molecule has 0 bridgehead atoms. The Morgan fingerprint density at radius 1 is 1.10 bits per heavy atom. The monoisotopic (exact) mass is 288 g/mol. The largest absolute Gasteiger partial charge is 0.507 e. The van der Waals surface area contributed by atoms with Gasteiger partial charge < -0.3 is 10.2 Å². The molecule has 2 N–H and O–H groups in total. The van der Waals surface area contributed by atoms with Crippen LogP contribution in [0.2, 0.25) is 0 Å². The lowest BCUT2D eigenvalue weighted by atomic mass is 10.1. The van der Waals surface area contributed by atoms with E-state index in [4.69, 9.17) is 5.11 Å². The Morgan fingerprint density at radius 2 is 1.90 bits per heavy atom. The minimum atomic E-state index is -1.01. The fourth-order valence-corrected chi connectivity index (χ4v) is 3.09. The van der Waals surface area contributed by atoms with Gasteiger partial charge in [-0.1, -0.05) is 17.8 Å². The fourth-order valence-electron chi connectivity index (χ4n) is 2.01. The molecule has 0 fully saturated rings. The molecule has 3 nitrogen and oxygen atoms in total. The van der Waals surface area contributed by atoms with Crippen molar-refractivity contribution in [3.05, 3.63) is 58.9 Å². The van der Waals surface area contributed by atoms with Crippen LogP contribution in [-0.4, -0.2) is 16.2 Å². The summed E-state index contributed by atoms with van der Waals surface area (Å²) < 4.78 is 13.3. The van der Waals surface area contributed by atoms with E-state index >= 15 is 0 Å². The molecule has 2 aromatic carbocycles. The smallest absolute Gasteiger partial charge is 0.335 e. The quantitative estimate of drug-likeness (QED) is 0.831. The third-order valence-electron chi connectivity index (χ3n) is 2.99. The number of aromatic carboxylic acids is 1. The number of halogens is 1. The number of carbonyl (C=O) groups is 1. The Labute approximate surface area is 118 Å². The maximum Gasteiger partial charge on any atom is 0.335 e. The van der Waals surface area contributed by atoms with Gasteiger partial charge in [0.05, 0.1) is 5.56 Å².